The van der Waals surface area contributed by atoms with Crippen LogP contribution in [-0.4, -0.2) is 24.5 Å². The van der Waals surface area contributed by atoms with E-state index < -0.39 is 5.51 Å². The SMILES string of the molecule is FC(F)(F)SC[C@@H]1CCCC12CCOCC2. The van der Waals surface area contributed by atoms with Gasteiger partial charge in [0.05, 0.1) is 0 Å². The van der Waals surface area contributed by atoms with Crippen LogP contribution in [0, 0.1) is 11.3 Å². The van der Waals surface area contributed by atoms with Gasteiger partial charge in [-0.3, -0.25) is 0 Å². The summed E-state index contributed by atoms with van der Waals surface area (Å²) in [6, 6.07) is 0. The molecule has 0 radical (unpaired) electrons. The van der Waals surface area contributed by atoms with E-state index in [1.165, 1.54) is 0 Å². The third-order valence-electron chi connectivity index (χ3n) is 4.03. The highest BCUT2D eigenvalue weighted by Gasteiger charge is 2.44. The molecule has 0 N–H and O–H groups in total. The second-order valence-corrected chi connectivity index (χ2v) is 5.91. The van der Waals surface area contributed by atoms with Crippen LogP contribution in [0.3, 0.4) is 0 Å². The smallest absolute Gasteiger partial charge is 0.381 e. The zero-order valence-corrected chi connectivity index (χ0v) is 10.0. The average Bonchev–Trinajstić information content (AvgIpc) is 2.58. The van der Waals surface area contributed by atoms with Gasteiger partial charge in [0.15, 0.2) is 0 Å². The van der Waals surface area contributed by atoms with Gasteiger partial charge < -0.3 is 4.74 Å². The van der Waals surface area contributed by atoms with Crippen molar-refractivity contribution in [3.8, 4) is 0 Å². The molecule has 1 saturated heterocycles. The maximum atomic E-state index is 12.2. The van der Waals surface area contributed by atoms with E-state index >= 15 is 0 Å². The molecule has 0 aromatic rings. The van der Waals surface area contributed by atoms with Crippen molar-refractivity contribution in [1.29, 1.82) is 0 Å². The zero-order valence-electron chi connectivity index (χ0n) is 9.18. The highest BCUT2D eigenvalue weighted by molar-refractivity contribution is 8.00. The summed E-state index contributed by atoms with van der Waals surface area (Å²) in [6.45, 7) is 1.46. The number of hydrogen-bond acceptors (Lipinski definition) is 2. The summed E-state index contributed by atoms with van der Waals surface area (Å²) in [7, 11) is 0. The Labute approximate surface area is 98.1 Å². The van der Waals surface area contributed by atoms with Crippen molar-refractivity contribution >= 4 is 11.8 Å². The lowest BCUT2D eigenvalue weighted by atomic mass is 9.73. The first-order valence-corrected chi connectivity index (χ1v) is 6.79. The Morgan fingerprint density at radius 3 is 2.50 bits per heavy atom. The summed E-state index contributed by atoms with van der Waals surface area (Å²) in [4.78, 5) is 0. The number of hydrogen-bond donors (Lipinski definition) is 0. The molecule has 1 aliphatic carbocycles. The molecule has 2 rings (SSSR count). The lowest BCUT2D eigenvalue weighted by molar-refractivity contribution is -0.0340. The fourth-order valence-electron chi connectivity index (χ4n) is 3.10. The highest BCUT2D eigenvalue weighted by atomic mass is 32.2. The van der Waals surface area contributed by atoms with Crippen molar-refractivity contribution in [3.05, 3.63) is 0 Å². The third kappa shape index (κ3) is 2.86. The molecule has 1 nitrogen and oxygen atoms in total. The van der Waals surface area contributed by atoms with Gasteiger partial charge in [0.1, 0.15) is 0 Å². The maximum absolute atomic E-state index is 12.2. The van der Waals surface area contributed by atoms with Gasteiger partial charge in [0.25, 0.3) is 0 Å². The molecule has 5 heteroatoms. The van der Waals surface area contributed by atoms with Crippen molar-refractivity contribution in [1.82, 2.24) is 0 Å². The van der Waals surface area contributed by atoms with Crippen LogP contribution in [0.25, 0.3) is 0 Å². The Balaban J connectivity index is 1.92. The molecule has 0 unspecified atom stereocenters. The highest BCUT2D eigenvalue weighted by Crippen LogP contribution is 2.52. The lowest BCUT2D eigenvalue weighted by Gasteiger charge is -2.39. The van der Waals surface area contributed by atoms with E-state index in [-0.39, 0.29) is 28.8 Å². The summed E-state index contributed by atoms with van der Waals surface area (Å²) < 4.78 is 41.9. The first kappa shape index (κ1) is 12.6. The summed E-state index contributed by atoms with van der Waals surface area (Å²) in [6.07, 6.45) is 5.05. The van der Waals surface area contributed by atoms with E-state index in [9.17, 15) is 13.2 Å². The molecule has 16 heavy (non-hydrogen) atoms. The molecule has 0 amide bonds. The Morgan fingerprint density at radius 2 is 1.88 bits per heavy atom. The molecule has 1 heterocycles. The van der Waals surface area contributed by atoms with E-state index in [1.807, 2.05) is 0 Å². The molecule has 1 atom stereocenters. The molecule has 2 aliphatic rings. The Morgan fingerprint density at radius 1 is 1.19 bits per heavy atom. The van der Waals surface area contributed by atoms with E-state index in [4.69, 9.17) is 4.74 Å². The van der Waals surface area contributed by atoms with E-state index in [2.05, 4.69) is 0 Å². The van der Waals surface area contributed by atoms with Crippen LogP contribution in [0.4, 0.5) is 13.2 Å². The number of ether oxygens (including phenoxy) is 1. The minimum absolute atomic E-state index is 0.158. The largest absolute Gasteiger partial charge is 0.441 e. The molecule has 0 aromatic carbocycles. The monoisotopic (exact) mass is 254 g/mol. The van der Waals surface area contributed by atoms with Crippen molar-refractivity contribution in [2.45, 2.75) is 37.6 Å². The molecule has 0 bridgehead atoms. The molecule has 2 fully saturated rings. The first-order chi connectivity index (χ1) is 7.52. The summed E-state index contributed by atoms with van der Waals surface area (Å²) >= 11 is 0.158. The molecule has 94 valence electrons. The van der Waals surface area contributed by atoms with Gasteiger partial charge in [0, 0.05) is 19.0 Å². The fourth-order valence-corrected chi connectivity index (χ4v) is 4.01. The van der Waals surface area contributed by atoms with E-state index in [0.29, 0.717) is 0 Å². The van der Waals surface area contributed by atoms with Gasteiger partial charge in [-0.05, 0) is 37.0 Å². The molecule has 0 aromatic heterocycles. The molecular formula is C11H17F3OS. The van der Waals surface area contributed by atoms with Gasteiger partial charge in [-0.15, -0.1) is 0 Å². The fraction of sp³-hybridized carbons (Fsp3) is 1.00. The lowest BCUT2D eigenvalue weighted by Crippen LogP contribution is -2.34. The Hall–Kier alpha value is 0.1000. The number of rotatable bonds is 2. The summed E-state index contributed by atoms with van der Waals surface area (Å²) in [5.74, 6) is 0.478. The minimum Gasteiger partial charge on any atom is -0.381 e. The Kier molecular flexibility index (Phi) is 3.74. The number of halogens is 3. The minimum atomic E-state index is -4.07. The standard InChI is InChI=1S/C11H17F3OS/c12-11(13,14)16-8-9-2-1-3-10(9)4-6-15-7-5-10/h9H,1-8H2/t9-/m0/s1. The van der Waals surface area contributed by atoms with Gasteiger partial charge in [-0.25, -0.2) is 0 Å². The maximum Gasteiger partial charge on any atom is 0.441 e. The van der Waals surface area contributed by atoms with E-state index in [0.717, 1.165) is 45.3 Å². The van der Waals surface area contributed by atoms with Crippen LogP contribution < -0.4 is 0 Å². The normalized spacial score (nSPS) is 29.8. The van der Waals surface area contributed by atoms with Gasteiger partial charge in [-0.2, -0.15) is 13.2 Å². The number of thioether (sulfide) groups is 1. The third-order valence-corrected chi connectivity index (χ3v) is 4.93. The van der Waals surface area contributed by atoms with Crippen LogP contribution in [-0.2, 0) is 4.74 Å². The first-order valence-electron chi connectivity index (χ1n) is 5.80. The second-order valence-electron chi connectivity index (χ2n) is 4.82. The number of alkyl halides is 3. The quantitative estimate of drug-likeness (QED) is 0.740. The van der Waals surface area contributed by atoms with Gasteiger partial charge in [-0.1, -0.05) is 18.2 Å². The second kappa shape index (κ2) is 4.77. The summed E-state index contributed by atoms with van der Waals surface area (Å²) in [5.41, 5.74) is -3.91. The van der Waals surface area contributed by atoms with Crippen LogP contribution in [0.15, 0.2) is 0 Å². The molecule has 1 spiro atoms. The average molecular weight is 254 g/mol. The topological polar surface area (TPSA) is 9.23 Å². The Bertz CT molecular complexity index is 236. The van der Waals surface area contributed by atoms with Crippen molar-refractivity contribution < 1.29 is 17.9 Å². The zero-order chi connectivity index (χ0) is 11.6. The van der Waals surface area contributed by atoms with Gasteiger partial charge in [0.2, 0.25) is 0 Å². The van der Waals surface area contributed by atoms with Crippen LogP contribution in [0.5, 0.6) is 0 Å². The summed E-state index contributed by atoms with van der Waals surface area (Å²) in [5, 5.41) is 0. The molecule has 1 aliphatic heterocycles. The van der Waals surface area contributed by atoms with Crippen LogP contribution >= 0.6 is 11.8 Å². The van der Waals surface area contributed by atoms with Crippen molar-refractivity contribution in [2.24, 2.45) is 11.3 Å². The van der Waals surface area contributed by atoms with Gasteiger partial charge >= 0.3 is 5.51 Å². The predicted octanol–water partition coefficient (Wildman–Crippen LogP) is 3.84. The van der Waals surface area contributed by atoms with E-state index in [1.54, 1.807) is 0 Å². The molecule has 1 saturated carbocycles. The van der Waals surface area contributed by atoms with Crippen LogP contribution in [0.1, 0.15) is 32.1 Å². The van der Waals surface area contributed by atoms with Crippen molar-refractivity contribution in [2.75, 3.05) is 19.0 Å². The van der Waals surface area contributed by atoms with Crippen LogP contribution in [0.2, 0.25) is 0 Å². The van der Waals surface area contributed by atoms with Crippen molar-refractivity contribution in [3.63, 3.8) is 0 Å². The molecular weight excluding hydrogens is 237 g/mol. The predicted molar refractivity (Wildman–Crippen MR) is 58.3 cm³/mol.